The molecule has 0 fully saturated rings. The zero-order valence-electron chi connectivity index (χ0n) is 26.9. The molecule has 4 atom stereocenters. The van der Waals surface area contributed by atoms with E-state index in [-0.39, 0.29) is 0 Å². The first-order chi connectivity index (χ1) is 23.0. The molecule has 0 bridgehead atoms. The average Bonchev–Trinajstić information content (AvgIpc) is 3.17. The lowest BCUT2D eigenvalue weighted by molar-refractivity contribution is -0.151. The van der Waals surface area contributed by atoms with Crippen LogP contribution in [0.5, 0.6) is 0 Å². The van der Waals surface area contributed by atoms with Gasteiger partial charge >= 0.3 is 23.9 Å². The number of carbonyl (C=O) groups excluding carboxylic acids is 4. The van der Waals surface area contributed by atoms with E-state index in [0.717, 1.165) is 0 Å². The van der Waals surface area contributed by atoms with E-state index in [9.17, 15) is 39.6 Å². The Kier molecular flexibility index (Phi) is 19.5. The topological polar surface area (TPSA) is 186 Å². The molecule has 0 unspecified atom stereocenters. The number of hydrogen-bond acceptors (Lipinski definition) is 12. The van der Waals surface area contributed by atoms with Crippen molar-refractivity contribution in [2.24, 2.45) is 0 Å². The van der Waals surface area contributed by atoms with Crippen molar-refractivity contribution >= 4 is 23.9 Å². The summed E-state index contributed by atoms with van der Waals surface area (Å²) in [5, 5.41) is 37.3. The van der Waals surface area contributed by atoms with Crippen LogP contribution in [-0.2, 0) is 38.1 Å². The molecule has 4 N–H and O–H groups in total. The Labute approximate surface area is 278 Å². The lowest BCUT2D eigenvalue weighted by Crippen LogP contribution is -2.13. The second kappa shape index (κ2) is 23.0. The van der Waals surface area contributed by atoms with Crippen molar-refractivity contribution in [3.8, 4) is 0 Å². The lowest BCUT2D eigenvalue weighted by Gasteiger charge is -2.07. The second-order valence-corrected chi connectivity index (χ2v) is 9.35. The number of carbonyl (C=O) groups is 4. The molecule has 0 saturated carbocycles. The van der Waals surface area contributed by atoms with Gasteiger partial charge in [0.25, 0.3) is 0 Å². The van der Waals surface area contributed by atoms with E-state index in [2.05, 4.69) is 18.9 Å². The Morgan fingerprint density at radius 3 is 0.625 bits per heavy atom. The summed E-state index contributed by atoms with van der Waals surface area (Å²) < 4.78 is 17.5. The van der Waals surface area contributed by atoms with Gasteiger partial charge < -0.3 is 39.4 Å². The monoisotopic (exact) mass is 664 g/mol. The van der Waals surface area contributed by atoms with Crippen molar-refractivity contribution in [3.63, 3.8) is 0 Å². The fourth-order valence-electron chi connectivity index (χ4n) is 3.53. The molecule has 0 heterocycles. The molecule has 0 aliphatic rings. The first-order valence-electron chi connectivity index (χ1n) is 14.3. The molecule has 48 heavy (non-hydrogen) atoms. The number of ether oxygens (including phenoxy) is 4. The molecule has 0 aromatic heterocycles. The first kappa shape index (κ1) is 40.6. The van der Waals surface area contributed by atoms with E-state index >= 15 is 0 Å². The van der Waals surface area contributed by atoms with Gasteiger partial charge in [-0.2, -0.15) is 0 Å². The molecule has 12 nitrogen and oxygen atoms in total. The highest BCUT2D eigenvalue weighted by Gasteiger charge is 2.18. The van der Waals surface area contributed by atoms with Gasteiger partial charge in [-0.15, -0.1) is 0 Å². The van der Waals surface area contributed by atoms with Gasteiger partial charge in [-0.05, 0) is 22.3 Å². The zero-order valence-corrected chi connectivity index (χ0v) is 26.9. The Morgan fingerprint density at radius 2 is 0.500 bits per heavy atom. The molecule has 0 spiro atoms. The number of hydrogen-bond donors (Lipinski definition) is 4. The van der Waals surface area contributed by atoms with Crippen LogP contribution in [0.2, 0.25) is 0 Å². The van der Waals surface area contributed by atoms with Crippen molar-refractivity contribution in [2.45, 2.75) is 24.4 Å². The maximum atomic E-state index is 10.8. The summed E-state index contributed by atoms with van der Waals surface area (Å²) in [6, 6.07) is 34.6. The summed E-state index contributed by atoms with van der Waals surface area (Å²) in [4.78, 5) is 43.4. The van der Waals surface area contributed by atoms with Crippen LogP contribution in [0.3, 0.4) is 0 Å². The van der Waals surface area contributed by atoms with E-state index in [1.807, 2.05) is 24.3 Å². The Morgan fingerprint density at radius 1 is 0.354 bits per heavy atom. The lowest BCUT2D eigenvalue weighted by atomic mass is 10.1. The summed E-state index contributed by atoms with van der Waals surface area (Å²) in [6.45, 7) is 0. The number of benzene rings is 4. The van der Waals surface area contributed by atoms with Gasteiger partial charge in [0.15, 0.2) is 24.4 Å². The van der Waals surface area contributed by atoms with Gasteiger partial charge in [-0.3, -0.25) is 0 Å². The summed E-state index contributed by atoms with van der Waals surface area (Å²) >= 11 is 0. The number of methoxy groups -OCH3 is 4. The SMILES string of the molecule is COC(=O)[C@@H](O)c1ccccc1.COC(=O)[C@@H](O)c1ccccc1.COC(=O)[C@@H](O)c1ccccc1.COC(=O)[C@@H](O)c1ccccc1. The van der Waals surface area contributed by atoms with Crippen molar-refractivity contribution in [3.05, 3.63) is 144 Å². The largest absolute Gasteiger partial charge is 0.467 e. The molecule has 0 aliphatic carbocycles. The van der Waals surface area contributed by atoms with Crippen LogP contribution in [0.1, 0.15) is 46.7 Å². The Balaban J connectivity index is 0.000000320. The molecule has 12 heteroatoms. The predicted octanol–water partition coefficient (Wildman–Crippen LogP) is 3.57. The smallest absolute Gasteiger partial charge is 0.339 e. The maximum absolute atomic E-state index is 10.8. The summed E-state index contributed by atoms with van der Waals surface area (Å²) in [5.41, 5.74) is 2.18. The Bertz CT molecular complexity index is 1250. The van der Waals surface area contributed by atoms with E-state index in [1.165, 1.54) is 28.4 Å². The highest BCUT2D eigenvalue weighted by Crippen LogP contribution is 2.15. The number of rotatable bonds is 8. The van der Waals surface area contributed by atoms with Crippen molar-refractivity contribution in [2.75, 3.05) is 28.4 Å². The predicted molar refractivity (Wildman–Crippen MR) is 174 cm³/mol. The molecule has 0 aliphatic heterocycles. The summed E-state index contributed by atoms with van der Waals surface area (Å²) in [5.74, 6) is -2.55. The standard InChI is InChI=1S/4C9H10O3/c4*1-12-9(11)8(10)7-5-3-2-4-6-7/h4*2-6,8,10H,1H3/t4*8-/m0000/s1. The minimum Gasteiger partial charge on any atom is -0.467 e. The minimum absolute atomic E-state index is 0.546. The second-order valence-electron chi connectivity index (χ2n) is 9.35. The van der Waals surface area contributed by atoms with Crippen LogP contribution < -0.4 is 0 Å². The van der Waals surface area contributed by atoms with Crippen molar-refractivity contribution in [1.29, 1.82) is 0 Å². The molecule has 0 saturated heterocycles. The van der Waals surface area contributed by atoms with Gasteiger partial charge in [0.1, 0.15) is 0 Å². The molecular weight excluding hydrogens is 624 g/mol. The van der Waals surface area contributed by atoms with Crippen LogP contribution in [0.15, 0.2) is 121 Å². The third-order valence-corrected chi connectivity index (χ3v) is 6.16. The van der Waals surface area contributed by atoms with E-state index in [1.54, 1.807) is 97.1 Å². The maximum Gasteiger partial charge on any atom is 0.339 e. The summed E-state index contributed by atoms with van der Waals surface area (Å²) in [7, 11) is 4.98. The van der Waals surface area contributed by atoms with Crippen LogP contribution in [0.25, 0.3) is 0 Å². The van der Waals surface area contributed by atoms with E-state index < -0.39 is 48.3 Å². The third-order valence-electron chi connectivity index (χ3n) is 6.16. The summed E-state index contributed by atoms with van der Waals surface area (Å²) in [6.07, 6.45) is -4.68. The molecule has 4 aromatic carbocycles. The van der Waals surface area contributed by atoms with Gasteiger partial charge in [0.05, 0.1) is 28.4 Å². The fourth-order valence-corrected chi connectivity index (χ4v) is 3.53. The Hall–Kier alpha value is -5.40. The number of esters is 4. The highest BCUT2D eigenvalue weighted by atomic mass is 16.5. The molecular formula is C36H40O12. The number of aliphatic hydroxyl groups is 4. The van der Waals surface area contributed by atoms with Gasteiger partial charge in [-0.1, -0.05) is 121 Å². The quantitative estimate of drug-likeness (QED) is 0.159. The first-order valence-corrected chi connectivity index (χ1v) is 14.3. The normalized spacial score (nSPS) is 12.2. The third kappa shape index (κ3) is 14.4. The van der Waals surface area contributed by atoms with Crippen LogP contribution in [-0.4, -0.2) is 72.7 Å². The van der Waals surface area contributed by atoms with Crippen LogP contribution >= 0.6 is 0 Å². The number of aliphatic hydroxyl groups excluding tert-OH is 4. The minimum atomic E-state index is -1.17. The van der Waals surface area contributed by atoms with Gasteiger partial charge in [0.2, 0.25) is 0 Å². The van der Waals surface area contributed by atoms with Crippen LogP contribution in [0.4, 0.5) is 0 Å². The molecule has 4 rings (SSSR count). The van der Waals surface area contributed by atoms with Crippen molar-refractivity contribution in [1.82, 2.24) is 0 Å². The fraction of sp³-hybridized carbons (Fsp3) is 0.222. The van der Waals surface area contributed by atoms with Gasteiger partial charge in [-0.25, -0.2) is 19.2 Å². The van der Waals surface area contributed by atoms with Crippen molar-refractivity contribution < 1.29 is 58.6 Å². The van der Waals surface area contributed by atoms with E-state index in [4.69, 9.17) is 0 Å². The average molecular weight is 665 g/mol. The zero-order chi connectivity index (χ0) is 35.9. The van der Waals surface area contributed by atoms with E-state index in [0.29, 0.717) is 22.3 Å². The van der Waals surface area contributed by atoms with Crippen LogP contribution in [0, 0.1) is 0 Å². The highest BCUT2D eigenvalue weighted by molar-refractivity contribution is 5.77. The molecule has 256 valence electrons. The molecule has 0 radical (unpaired) electrons. The molecule has 4 aromatic rings. The van der Waals surface area contributed by atoms with Gasteiger partial charge in [0, 0.05) is 0 Å². The molecule has 0 amide bonds.